The molecule has 2 aliphatic rings. The fraction of sp³-hybridized carbons (Fsp3) is 0.514. The minimum atomic E-state index is -0.561. The van der Waals surface area contributed by atoms with E-state index in [1.54, 1.807) is 20.8 Å². The molecule has 1 aromatic rings. The molecule has 43 heavy (non-hydrogen) atoms. The lowest BCUT2D eigenvalue weighted by Crippen LogP contribution is -2.46. The molecule has 0 aromatic heterocycles. The first-order chi connectivity index (χ1) is 20.1. The van der Waals surface area contributed by atoms with Gasteiger partial charge in [-0.1, -0.05) is 87.1 Å². The van der Waals surface area contributed by atoms with Crippen molar-refractivity contribution in [3.8, 4) is 0 Å². The number of allylic oxidation sites excluding steroid dienone is 6. The molecule has 0 spiro atoms. The Kier molecular flexibility index (Phi) is 16.4. The molecule has 0 bridgehead atoms. The summed E-state index contributed by atoms with van der Waals surface area (Å²) in [5.41, 5.74) is 3.17. The Morgan fingerprint density at radius 3 is 2.33 bits per heavy atom. The average Bonchev–Trinajstić information content (AvgIpc) is 3.17. The van der Waals surface area contributed by atoms with Gasteiger partial charge in [-0.15, -0.1) is 6.58 Å². The predicted molar refractivity (Wildman–Crippen MR) is 180 cm³/mol. The van der Waals surface area contributed by atoms with Crippen LogP contribution in [0.4, 0.5) is 4.79 Å². The molecule has 2 unspecified atom stereocenters. The van der Waals surface area contributed by atoms with Gasteiger partial charge in [0.05, 0.1) is 13.2 Å². The molecule has 3 rings (SSSR count). The number of likely N-dealkylation sites (N-methyl/N-ethyl adjacent to an activating group) is 1. The maximum Gasteiger partial charge on any atom is 0.408 e. The van der Waals surface area contributed by atoms with Crippen molar-refractivity contribution in [1.29, 1.82) is 0 Å². The summed E-state index contributed by atoms with van der Waals surface area (Å²) in [4.78, 5) is 35.6. The van der Waals surface area contributed by atoms with E-state index in [-0.39, 0.29) is 17.4 Å². The van der Waals surface area contributed by atoms with Crippen molar-refractivity contribution in [1.82, 2.24) is 10.2 Å². The Labute approximate surface area is 263 Å². The molecule has 1 heterocycles. The lowest BCUT2D eigenvalue weighted by Gasteiger charge is -2.28. The smallest absolute Gasteiger partial charge is 0.408 e. The standard InChI is InChI=1S/C14H14.C11H21NO3.C10H17NO2S/c1-12-6-5-9-14(11-10-12)13-7-3-2-4-8-13;1-10(2,3)8(7-13)12-9(14)15-11(4,5)6;1-4-5-14-8-6-9(10(12)13-3)11(2)7-8/h2-8,10-11H,9H2,1H3;7-8H,1-6H3,(H,12,14);4,8-9H,1,5-7H2,2-3H3/t;8-;/m.1./s1. The average molecular weight is 613 g/mol. The summed E-state index contributed by atoms with van der Waals surface area (Å²) in [5.74, 6) is 0.834. The van der Waals surface area contributed by atoms with Crippen molar-refractivity contribution >= 4 is 35.7 Å². The molecule has 1 aromatic carbocycles. The van der Waals surface area contributed by atoms with Crippen molar-refractivity contribution in [2.45, 2.75) is 84.2 Å². The van der Waals surface area contributed by atoms with E-state index in [2.05, 4.69) is 78.4 Å². The largest absolute Gasteiger partial charge is 0.468 e. The molecule has 7 nitrogen and oxygen atoms in total. The van der Waals surface area contributed by atoms with Gasteiger partial charge in [0.15, 0.2) is 0 Å². The Morgan fingerprint density at radius 2 is 1.79 bits per heavy atom. The number of hydrogen-bond acceptors (Lipinski definition) is 7. The van der Waals surface area contributed by atoms with Crippen LogP contribution in [0.3, 0.4) is 0 Å². The van der Waals surface area contributed by atoms with Gasteiger partial charge in [-0.25, -0.2) is 4.79 Å². The fourth-order valence-electron chi connectivity index (χ4n) is 4.17. The zero-order valence-corrected chi connectivity index (χ0v) is 28.3. The summed E-state index contributed by atoms with van der Waals surface area (Å²) in [5, 5.41) is 3.06. The van der Waals surface area contributed by atoms with Gasteiger partial charge in [0.2, 0.25) is 0 Å². The SMILES string of the molecule is C=CCSC1CC(C(=O)OC)N(C)C1.CC(C)(C)OC(=O)N[C@H](C=O)C(C)(C)C.CC1=CC=C(c2ccccc2)CC=C1. The molecule has 3 atom stereocenters. The second-order valence-corrected chi connectivity index (χ2v) is 14.0. The second-order valence-electron chi connectivity index (χ2n) is 12.7. The molecule has 238 valence electrons. The van der Waals surface area contributed by atoms with Crippen LogP contribution in [0.25, 0.3) is 5.57 Å². The minimum absolute atomic E-state index is 0.0534. The highest BCUT2D eigenvalue weighted by Crippen LogP contribution is 2.27. The number of rotatable bonds is 7. The van der Waals surface area contributed by atoms with Crippen LogP contribution in [-0.4, -0.2) is 72.6 Å². The van der Waals surface area contributed by atoms with Crippen LogP contribution >= 0.6 is 11.8 Å². The van der Waals surface area contributed by atoms with Crippen LogP contribution in [0.1, 0.15) is 66.9 Å². The van der Waals surface area contributed by atoms with Crippen molar-refractivity contribution in [3.05, 3.63) is 78.4 Å². The number of aldehydes is 1. The summed E-state index contributed by atoms with van der Waals surface area (Å²) in [6, 6.07) is 9.96. The van der Waals surface area contributed by atoms with E-state index in [4.69, 9.17) is 9.47 Å². The number of nitrogens with zero attached hydrogens (tertiary/aromatic N) is 1. The number of ether oxygens (including phenoxy) is 2. The molecule has 0 saturated carbocycles. The van der Waals surface area contributed by atoms with E-state index in [9.17, 15) is 14.4 Å². The molecule has 1 aliphatic heterocycles. The van der Waals surface area contributed by atoms with Gasteiger partial charge in [0.1, 0.15) is 17.9 Å². The highest BCUT2D eigenvalue weighted by Gasteiger charge is 2.35. The number of alkyl carbamates (subject to hydrolysis) is 1. The number of amides is 1. The van der Waals surface area contributed by atoms with Gasteiger partial charge in [0, 0.05) is 17.5 Å². The summed E-state index contributed by atoms with van der Waals surface area (Å²) in [6.07, 6.45) is 12.8. The first-order valence-corrected chi connectivity index (χ1v) is 15.7. The number of carbonyl (C=O) groups excluding carboxylic acids is 3. The van der Waals surface area contributed by atoms with E-state index >= 15 is 0 Å². The first-order valence-electron chi connectivity index (χ1n) is 14.7. The van der Waals surface area contributed by atoms with Gasteiger partial charge in [0.25, 0.3) is 0 Å². The van der Waals surface area contributed by atoms with Crippen molar-refractivity contribution in [3.63, 3.8) is 0 Å². The summed E-state index contributed by atoms with van der Waals surface area (Å²) >= 11 is 1.85. The summed E-state index contributed by atoms with van der Waals surface area (Å²) in [7, 11) is 3.41. The third-order valence-corrected chi connectivity index (χ3v) is 7.83. The maximum atomic E-state index is 11.4. The molecular formula is C35H52N2O5S. The fourth-order valence-corrected chi connectivity index (χ4v) is 5.24. The number of thioether (sulfide) groups is 1. The Balaban J connectivity index is 0.000000322. The number of likely N-dealkylation sites (tertiary alicyclic amines) is 1. The topological polar surface area (TPSA) is 84.9 Å². The van der Waals surface area contributed by atoms with Crippen LogP contribution < -0.4 is 5.32 Å². The molecule has 8 heteroatoms. The van der Waals surface area contributed by atoms with Gasteiger partial charge < -0.3 is 19.6 Å². The molecule has 1 aliphatic carbocycles. The number of nitrogens with one attached hydrogen (secondary N) is 1. The van der Waals surface area contributed by atoms with Crippen LogP contribution in [0, 0.1) is 5.41 Å². The van der Waals surface area contributed by atoms with Gasteiger partial charge >= 0.3 is 12.1 Å². The number of hydrogen-bond donors (Lipinski definition) is 1. The van der Waals surface area contributed by atoms with Crippen molar-refractivity contribution in [2.75, 3.05) is 26.5 Å². The number of carbonyl (C=O) groups is 3. The van der Waals surface area contributed by atoms with Crippen molar-refractivity contribution in [2.24, 2.45) is 5.41 Å². The van der Waals surface area contributed by atoms with Gasteiger partial charge in [-0.3, -0.25) is 9.69 Å². The predicted octanol–water partition coefficient (Wildman–Crippen LogP) is 7.25. The lowest BCUT2D eigenvalue weighted by molar-refractivity contribution is -0.145. The second kappa shape index (κ2) is 18.5. The van der Waals surface area contributed by atoms with Crippen molar-refractivity contribution < 1.29 is 23.9 Å². The number of benzene rings is 1. The molecule has 1 fully saturated rings. The highest BCUT2D eigenvalue weighted by molar-refractivity contribution is 8.00. The summed E-state index contributed by atoms with van der Waals surface area (Å²) < 4.78 is 9.80. The monoisotopic (exact) mass is 612 g/mol. The molecule has 0 radical (unpaired) electrons. The Hall–Kier alpha value is -3.10. The quantitative estimate of drug-likeness (QED) is 0.197. The third-order valence-electron chi connectivity index (χ3n) is 6.58. The zero-order chi connectivity index (χ0) is 32.6. The highest BCUT2D eigenvalue weighted by atomic mass is 32.2. The lowest BCUT2D eigenvalue weighted by atomic mass is 9.88. The normalized spacial score (nSPS) is 19.1. The minimum Gasteiger partial charge on any atom is -0.468 e. The van der Waals surface area contributed by atoms with E-state index in [1.165, 1.54) is 23.8 Å². The number of methoxy groups -OCH3 is 1. The van der Waals surface area contributed by atoms with Crippen LogP contribution in [-0.2, 0) is 19.1 Å². The molecule has 1 amide bonds. The molecule has 1 N–H and O–H groups in total. The van der Waals surface area contributed by atoms with E-state index in [0.717, 1.165) is 31.4 Å². The van der Waals surface area contributed by atoms with Crippen LogP contribution in [0.15, 0.2) is 72.9 Å². The van der Waals surface area contributed by atoms with Crippen LogP contribution in [0.2, 0.25) is 0 Å². The van der Waals surface area contributed by atoms with E-state index in [0.29, 0.717) is 5.25 Å². The van der Waals surface area contributed by atoms with E-state index in [1.807, 2.05) is 45.7 Å². The van der Waals surface area contributed by atoms with Gasteiger partial charge in [-0.2, -0.15) is 11.8 Å². The Morgan fingerprint density at radius 1 is 1.14 bits per heavy atom. The first kappa shape index (κ1) is 37.9. The Bertz CT molecular complexity index is 1130. The number of esters is 1. The third kappa shape index (κ3) is 15.3. The zero-order valence-electron chi connectivity index (χ0n) is 27.5. The van der Waals surface area contributed by atoms with Gasteiger partial charge in [-0.05, 0) is 64.1 Å². The molecule has 1 saturated heterocycles. The maximum absolute atomic E-state index is 11.4. The summed E-state index contributed by atoms with van der Waals surface area (Å²) in [6.45, 7) is 17.7. The molecular weight excluding hydrogens is 560 g/mol. The van der Waals surface area contributed by atoms with Crippen LogP contribution in [0.5, 0.6) is 0 Å². The van der Waals surface area contributed by atoms with E-state index < -0.39 is 17.7 Å².